The number of rotatable bonds is 13. The third-order valence-electron chi connectivity index (χ3n) is 6.19. The van der Waals surface area contributed by atoms with Crippen molar-refractivity contribution in [3.63, 3.8) is 0 Å². The largest absolute Gasteiger partial charge is 0.497 e. The molecule has 0 aliphatic carbocycles. The maximum absolute atomic E-state index is 12.7. The van der Waals surface area contributed by atoms with Gasteiger partial charge in [-0.25, -0.2) is 4.79 Å². The van der Waals surface area contributed by atoms with Crippen LogP contribution in [0.1, 0.15) is 44.4 Å². The van der Waals surface area contributed by atoms with Gasteiger partial charge in [0.25, 0.3) is 5.91 Å². The highest BCUT2D eigenvalue weighted by Crippen LogP contribution is 2.26. The molecule has 1 amide bonds. The van der Waals surface area contributed by atoms with Crippen LogP contribution in [0.4, 0.5) is 0 Å². The van der Waals surface area contributed by atoms with E-state index in [0.29, 0.717) is 23.9 Å². The maximum atomic E-state index is 12.7. The number of amides is 1. The average molecular weight is 548 g/mol. The molecule has 3 aromatic carbocycles. The molecule has 0 aliphatic rings. The second-order valence-corrected chi connectivity index (χ2v) is 10.1. The van der Waals surface area contributed by atoms with E-state index in [9.17, 15) is 14.7 Å². The summed E-state index contributed by atoms with van der Waals surface area (Å²) in [5, 5.41) is 11.9. The Hall–Kier alpha value is -4.46. The topological polar surface area (TPSA) is 103 Å². The Labute approximate surface area is 235 Å². The van der Waals surface area contributed by atoms with Crippen LogP contribution in [0.2, 0.25) is 0 Å². The van der Waals surface area contributed by atoms with Crippen LogP contribution < -0.4 is 24.3 Å². The van der Waals surface area contributed by atoms with Gasteiger partial charge in [-0.15, -0.1) is 0 Å². The Morgan fingerprint density at radius 2 is 1.40 bits per heavy atom. The molecule has 8 heteroatoms. The van der Waals surface area contributed by atoms with Crippen LogP contribution in [0.5, 0.6) is 23.0 Å². The standard InChI is InChI=1S/C32H37NO7/c1-21(2)29(30(34)35)33-31(36)32(3,4)40-26-15-11-23(12-16-26)20-39-28-18-24(17-27(19-28)38-6)8-7-22-9-13-25(37-5)14-10-22/h7-19,21,29H,20H2,1-6H3,(H,33,36)(H,34,35)/b8-7+/t29-/m1/s1. The highest BCUT2D eigenvalue weighted by Gasteiger charge is 2.34. The molecule has 212 valence electrons. The first-order valence-electron chi connectivity index (χ1n) is 13.0. The van der Waals surface area contributed by atoms with Crippen LogP contribution in [0.3, 0.4) is 0 Å². The molecular formula is C32H37NO7. The zero-order valence-electron chi connectivity index (χ0n) is 23.8. The molecule has 0 spiro atoms. The average Bonchev–Trinajstić information content (AvgIpc) is 2.93. The van der Waals surface area contributed by atoms with Crippen molar-refractivity contribution in [2.24, 2.45) is 5.92 Å². The number of hydrogen-bond donors (Lipinski definition) is 2. The molecule has 40 heavy (non-hydrogen) atoms. The Bertz CT molecular complexity index is 1310. The first-order valence-corrected chi connectivity index (χ1v) is 13.0. The van der Waals surface area contributed by atoms with Gasteiger partial charge in [0, 0.05) is 6.07 Å². The number of hydrogen-bond acceptors (Lipinski definition) is 6. The van der Waals surface area contributed by atoms with Gasteiger partial charge in [0.2, 0.25) is 0 Å². The number of carboxylic acid groups (broad SMARTS) is 1. The summed E-state index contributed by atoms with van der Waals surface area (Å²) in [6, 6.07) is 19.7. The van der Waals surface area contributed by atoms with Crippen molar-refractivity contribution in [1.29, 1.82) is 0 Å². The highest BCUT2D eigenvalue weighted by molar-refractivity contribution is 5.89. The van der Waals surface area contributed by atoms with Gasteiger partial charge < -0.3 is 29.4 Å². The van der Waals surface area contributed by atoms with Gasteiger partial charge in [-0.2, -0.15) is 0 Å². The first kappa shape index (κ1) is 30.1. The van der Waals surface area contributed by atoms with Gasteiger partial charge in [-0.1, -0.05) is 50.3 Å². The van der Waals surface area contributed by atoms with Crippen LogP contribution >= 0.6 is 0 Å². The van der Waals surface area contributed by atoms with Crippen LogP contribution in [0, 0.1) is 5.92 Å². The molecule has 0 unspecified atom stereocenters. The molecule has 1 atom stereocenters. The van der Waals surface area contributed by atoms with Gasteiger partial charge in [0.05, 0.1) is 14.2 Å². The molecule has 2 N–H and O–H groups in total. The minimum atomic E-state index is -1.27. The molecule has 3 aromatic rings. The SMILES string of the molecule is COc1ccc(/C=C/c2cc(OC)cc(OCc3ccc(OC(C)(C)C(=O)N[C@@H](C(=O)O)C(C)C)cc3)c2)cc1. The minimum absolute atomic E-state index is 0.262. The zero-order valence-corrected chi connectivity index (χ0v) is 23.8. The summed E-state index contributed by atoms with van der Waals surface area (Å²) < 4.78 is 22.6. The summed E-state index contributed by atoms with van der Waals surface area (Å²) in [6.45, 7) is 6.98. The van der Waals surface area contributed by atoms with Crippen molar-refractivity contribution in [2.75, 3.05) is 14.2 Å². The molecule has 3 rings (SSSR count). The minimum Gasteiger partial charge on any atom is -0.497 e. The Kier molecular flexibility index (Phi) is 10.2. The lowest BCUT2D eigenvalue weighted by molar-refractivity contribution is -0.146. The summed E-state index contributed by atoms with van der Waals surface area (Å²) in [6.07, 6.45) is 3.99. The Balaban J connectivity index is 1.62. The smallest absolute Gasteiger partial charge is 0.326 e. The summed E-state index contributed by atoms with van der Waals surface area (Å²) in [7, 11) is 3.25. The van der Waals surface area contributed by atoms with E-state index >= 15 is 0 Å². The van der Waals surface area contributed by atoms with E-state index in [1.54, 1.807) is 54.0 Å². The normalized spacial score (nSPS) is 12.2. The van der Waals surface area contributed by atoms with E-state index in [4.69, 9.17) is 18.9 Å². The number of ether oxygens (including phenoxy) is 4. The zero-order chi connectivity index (χ0) is 29.3. The highest BCUT2D eigenvalue weighted by atomic mass is 16.5. The monoisotopic (exact) mass is 547 g/mol. The van der Waals surface area contributed by atoms with E-state index in [-0.39, 0.29) is 5.92 Å². The third-order valence-corrected chi connectivity index (χ3v) is 6.19. The molecule has 0 aromatic heterocycles. The van der Waals surface area contributed by atoms with Gasteiger partial charge in [-0.05, 0) is 72.9 Å². The van der Waals surface area contributed by atoms with E-state index in [2.05, 4.69) is 5.32 Å². The van der Waals surface area contributed by atoms with Crippen LogP contribution in [-0.2, 0) is 16.2 Å². The number of carbonyl (C=O) groups excluding carboxylic acids is 1. The number of nitrogens with one attached hydrogen (secondary N) is 1. The van der Waals surface area contributed by atoms with Gasteiger partial charge in [0.15, 0.2) is 5.60 Å². The van der Waals surface area contributed by atoms with Crippen LogP contribution in [0.15, 0.2) is 66.7 Å². The number of carboxylic acids is 1. The molecule has 0 heterocycles. The molecular weight excluding hydrogens is 510 g/mol. The molecule has 0 radical (unpaired) electrons. The molecule has 0 saturated heterocycles. The van der Waals surface area contributed by atoms with Crippen molar-refractivity contribution < 1.29 is 33.6 Å². The summed E-state index contributed by atoms with van der Waals surface area (Å²) >= 11 is 0. The maximum Gasteiger partial charge on any atom is 0.326 e. The van der Waals surface area contributed by atoms with Crippen LogP contribution in [-0.4, -0.2) is 42.8 Å². The lowest BCUT2D eigenvalue weighted by atomic mass is 10.0. The van der Waals surface area contributed by atoms with Crippen LogP contribution in [0.25, 0.3) is 12.2 Å². The Morgan fingerprint density at radius 1 is 0.825 bits per heavy atom. The molecule has 0 aliphatic heterocycles. The predicted molar refractivity (Wildman–Crippen MR) is 155 cm³/mol. The lowest BCUT2D eigenvalue weighted by Crippen LogP contribution is -2.53. The fourth-order valence-corrected chi connectivity index (χ4v) is 3.79. The number of carbonyl (C=O) groups is 2. The second-order valence-electron chi connectivity index (χ2n) is 10.1. The fraction of sp³-hybridized carbons (Fsp3) is 0.312. The lowest BCUT2D eigenvalue weighted by Gasteiger charge is -2.28. The van der Waals surface area contributed by atoms with Crippen molar-refractivity contribution in [3.8, 4) is 23.0 Å². The quantitative estimate of drug-likeness (QED) is 0.259. The number of benzene rings is 3. The van der Waals surface area contributed by atoms with Gasteiger partial charge in [0.1, 0.15) is 35.6 Å². The van der Waals surface area contributed by atoms with E-state index in [1.807, 2.05) is 66.7 Å². The van der Waals surface area contributed by atoms with E-state index in [1.165, 1.54) is 0 Å². The van der Waals surface area contributed by atoms with Crippen molar-refractivity contribution in [1.82, 2.24) is 5.32 Å². The van der Waals surface area contributed by atoms with E-state index < -0.39 is 23.5 Å². The summed E-state index contributed by atoms with van der Waals surface area (Å²) in [5.41, 5.74) is 1.60. The van der Waals surface area contributed by atoms with Gasteiger partial charge in [-0.3, -0.25) is 4.79 Å². The second kappa shape index (κ2) is 13.6. The van der Waals surface area contributed by atoms with E-state index in [0.717, 1.165) is 22.4 Å². The predicted octanol–water partition coefficient (Wildman–Crippen LogP) is 5.84. The molecule has 0 fully saturated rings. The van der Waals surface area contributed by atoms with Gasteiger partial charge >= 0.3 is 5.97 Å². The van der Waals surface area contributed by atoms with Crippen molar-refractivity contribution in [3.05, 3.63) is 83.4 Å². The molecule has 0 saturated carbocycles. The summed E-state index contributed by atoms with van der Waals surface area (Å²) in [4.78, 5) is 24.2. The number of aliphatic carboxylic acids is 1. The fourth-order valence-electron chi connectivity index (χ4n) is 3.79. The molecule has 0 bridgehead atoms. The first-order chi connectivity index (χ1) is 19.0. The van der Waals surface area contributed by atoms with Crippen molar-refractivity contribution >= 4 is 24.0 Å². The van der Waals surface area contributed by atoms with Crippen molar-refractivity contribution in [2.45, 2.75) is 45.9 Å². The number of methoxy groups -OCH3 is 2. The summed E-state index contributed by atoms with van der Waals surface area (Å²) in [5.74, 6) is 0.771. The Morgan fingerprint density at radius 3 is 1.98 bits per heavy atom. The molecule has 8 nitrogen and oxygen atoms in total. The third kappa shape index (κ3) is 8.53.